The Labute approximate surface area is 94.2 Å². The highest BCUT2D eigenvalue weighted by atomic mass is 16.5. The molecule has 1 aliphatic heterocycles. The average molecular weight is 214 g/mol. The van der Waals surface area contributed by atoms with Gasteiger partial charge in [-0.3, -0.25) is 4.90 Å². The number of piperazine rings is 1. The predicted molar refractivity (Wildman–Crippen MR) is 64.2 cm³/mol. The van der Waals surface area contributed by atoms with E-state index in [1.54, 1.807) is 0 Å². The molecular weight excluding hydrogens is 188 g/mol. The summed E-state index contributed by atoms with van der Waals surface area (Å²) in [4.78, 5) is 2.48. The van der Waals surface area contributed by atoms with Gasteiger partial charge in [-0.1, -0.05) is 13.8 Å². The molecule has 0 aromatic rings. The third-order valence-electron chi connectivity index (χ3n) is 2.84. The first-order chi connectivity index (χ1) is 7.18. The molecule has 1 aliphatic rings. The minimum absolute atomic E-state index is 0.634. The van der Waals surface area contributed by atoms with Crippen LogP contribution in [0.15, 0.2) is 0 Å². The zero-order chi connectivity index (χ0) is 11.1. The summed E-state index contributed by atoms with van der Waals surface area (Å²) in [6, 6.07) is 0.634. The monoisotopic (exact) mass is 214 g/mol. The highest BCUT2D eigenvalue weighted by Crippen LogP contribution is 2.00. The van der Waals surface area contributed by atoms with Crippen molar-refractivity contribution < 1.29 is 4.74 Å². The smallest absolute Gasteiger partial charge is 0.0593 e. The van der Waals surface area contributed by atoms with Crippen molar-refractivity contribution in [3.05, 3.63) is 0 Å². The molecular formula is C12H26N2O. The second-order valence-electron chi connectivity index (χ2n) is 4.95. The van der Waals surface area contributed by atoms with E-state index in [1.165, 1.54) is 6.42 Å². The van der Waals surface area contributed by atoms with Crippen molar-refractivity contribution in [1.29, 1.82) is 0 Å². The quantitative estimate of drug-likeness (QED) is 0.675. The lowest BCUT2D eigenvalue weighted by atomic mass is 10.1. The maximum Gasteiger partial charge on any atom is 0.0593 e. The third kappa shape index (κ3) is 6.13. The van der Waals surface area contributed by atoms with Crippen molar-refractivity contribution in [1.82, 2.24) is 10.2 Å². The van der Waals surface area contributed by atoms with Crippen molar-refractivity contribution in [2.75, 3.05) is 39.4 Å². The maximum absolute atomic E-state index is 5.62. The van der Waals surface area contributed by atoms with Crippen molar-refractivity contribution in [3.63, 3.8) is 0 Å². The molecule has 1 unspecified atom stereocenters. The molecule has 0 aromatic carbocycles. The Balaban J connectivity index is 1.95. The molecule has 0 saturated carbocycles. The molecule has 1 N–H and O–H groups in total. The lowest BCUT2D eigenvalue weighted by molar-refractivity contribution is 0.0868. The summed E-state index contributed by atoms with van der Waals surface area (Å²) in [6.45, 7) is 13.1. The summed E-state index contributed by atoms with van der Waals surface area (Å²) in [6.07, 6.45) is 1.18. The van der Waals surface area contributed by atoms with Gasteiger partial charge in [-0.15, -0.1) is 0 Å². The van der Waals surface area contributed by atoms with Crippen molar-refractivity contribution >= 4 is 0 Å². The number of ether oxygens (including phenoxy) is 1. The fourth-order valence-corrected chi connectivity index (χ4v) is 1.83. The van der Waals surface area contributed by atoms with Gasteiger partial charge in [0.05, 0.1) is 6.61 Å². The molecule has 0 spiro atoms. The minimum atomic E-state index is 0.634. The van der Waals surface area contributed by atoms with Gasteiger partial charge in [0.15, 0.2) is 0 Å². The number of rotatable bonds is 6. The van der Waals surface area contributed by atoms with Crippen LogP contribution in [0, 0.1) is 5.92 Å². The van der Waals surface area contributed by atoms with Crippen LogP contribution in [0.3, 0.4) is 0 Å². The Morgan fingerprint density at radius 2 is 2.20 bits per heavy atom. The van der Waals surface area contributed by atoms with Gasteiger partial charge in [0, 0.05) is 38.8 Å². The maximum atomic E-state index is 5.62. The molecule has 1 rings (SSSR count). The Hall–Kier alpha value is -0.120. The lowest BCUT2D eigenvalue weighted by Gasteiger charge is -2.31. The second kappa shape index (κ2) is 7.20. The summed E-state index contributed by atoms with van der Waals surface area (Å²) < 4.78 is 5.62. The number of nitrogens with zero attached hydrogens (tertiary/aromatic N) is 1. The summed E-state index contributed by atoms with van der Waals surface area (Å²) in [5.74, 6) is 0.754. The zero-order valence-corrected chi connectivity index (χ0v) is 10.5. The largest absolute Gasteiger partial charge is 0.380 e. The van der Waals surface area contributed by atoms with Crippen LogP contribution in [0.2, 0.25) is 0 Å². The average Bonchev–Trinajstić information content (AvgIpc) is 2.17. The van der Waals surface area contributed by atoms with Gasteiger partial charge >= 0.3 is 0 Å². The summed E-state index contributed by atoms with van der Waals surface area (Å²) in [7, 11) is 0. The van der Waals surface area contributed by atoms with E-state index in [1.807, 2.05) is 0 Å². The molecule has 1 fully saturated rings. The van der Waals surface area contributed by atoms with E-state index in [4.69, 9.17) is 4.74 Å². The molecule has 0 aliphatic carbocycles. The Kier molecular flexibility index (Phi) is 6.22. The SMILES string of the molecule is CC(C)CCOCCN1CCNC(C)C1. The van der Waals surface area contributed by atoms with Gasteiger partial charge < -0.3 is 10.1 Å². The van der Waals surface area contributed by atoms with Crippen LogP contribution in [0.5, 0.6) is 0 Å². The van der Waals surface area contributed by atoms with Gasteiger partial charge in [-0.25, -0.2) is 0 Å². The minimum Gasteiger partial charge on any atom is -0.380 e. The fourth-order valence-electron chi connectivity index (χ4n) is 1.83. The number of nitrogens with one attached hydrogen (secondary N) is 1. The first-order valence-electron chi connectivity index (χ1n) is 6.22. The summed E-state index contributed by atoms with van der Waals surface area (Å²) >= 11 is 0. The molecule has 1 saturated heterocycles. The normalized spacial score (nSPS) is 23.6. The topological polar surface area (TPSA) is 24.5 Å². The van der Waals surface area contributed by atoms with E-state index >= 15 is 0 Å². The Bertz CT molecular complexity index is 162. The van der Waals surface area contributed by atoms with Crippen LogP contribution < -0.4 is 5.32 Å². The molecule has 0 aromatic heterocycles. The fraction of sp³-hybridized carbons (Fsp3) is 1.00. The molecule has 3 heteroatoms. The van der Waals surface area contributed by atoms with Crippen molar-refractivity contribution in [3.8, 4) is 0 Å². The third-order valence-corrected chi connectivity index (χ3v) is 2.84. The van der Waals surface area contributed by atoms with Crippen molar-refractivity contribution in [2.24, 2.45) is 5.92 Å². The van der Waals surface area contributed by atoms with E-state index in [0.717, 1.165) is 45.3 Å². The predicted octanol–water partition coefficient (Wildman–Crippen LogP) is 1.34. The van der Waals surface area contributed by atoms with Crippen LogP contribution in [-0.2, 0) is 4.74 Å². The van der Waals surface area contributed by atoms with Crippen LogP contribution >= 0.6 is 0 Å². The molecule has 3 nitrogen and oxygen atoms in total. The van der Waals surface area contributed by atoms with Gasteiger partial charge in [-0.2, -0.15) is 0 Å². The van der Waals surface area contributed by atoms with E-state index in [9.17, 15) is 0 Å². The molecule has 0 bridgehead atoms. The van der Waals surface area contributed by atoms with Crippen LogP contribution in [0.25, 0.3) is 0 Å². The highest BCUT2D eigenvalue weighted by Gasteiger charge is 2.14. The molecule has 1 atom stereocenters. The second-order valence-corrected chi connectivity index (χ2v) is 4.95. The standard InChI is InChI=1S/C12H26N2O/c1-11(2)4-8-15-9-7-14-6-5-13-12(3)10-14/h11-13H,4-10H2,1-3H3. The summed E-state index contributed by atoms with van der Waals surface area (Å²) in [5, 5.41) is 3.45. The molecule has 0 radical (unpaired) electrons. The van der Waals surface area contributed by atoms with E-state index < -0.39 is 0 Å². The van der Waals surface area contributed by atoms with Crippen LogP contribution in [0.4, 0.5) is 0 Å². The Morgan fingerprint density at radius 1 is 1.40 bits per heavy atom. The van der Waals surface area contributed by atoms with Crippen LogP contribution in [-0.4, -0.2) is 50.3 Å². The Morgan fingerprint density at radius 3 is 2.87 bits per heavy atom. The first-order valence-corrected chi connectivity index (χ1v) is 6.22. The lowest BCUT2D eigenvalue weighted by Crippen LogP contribution is -2.49. The first kappa shape index (κ1) is 12.9. The zero-order valence-electron chi connectivity index (χ0n) is 10.5. The number of hydrogen-bond donors (Lipinski definition) is 1. The molecule has 0 amide bonds. The van der Waals surface area contributed by atoms with Gasteiger partial charge in [-0.05, 0) is 19.3 Å². The highest BCUT2D eigenvalue weighted by molar-refractivity contribution is 4.74. The number of hydrogen-bond acceptors (Lipinski definition) is 3. The van der Waals surface area contributed by atoms with Crippen LogP contribution in [0.1, 0.15) is 27.2 Å². The van der Waals surface area contributed by atoms with Crippen molar-refractivity contribution in [2.45, 2.75) is 33.2 Å². The molecule has 15 heavy (non-hydrogen) atoms. The van der Waals surface area contributed by atoms with Gasteiger partial charge in [0.1, 0.15) is 0 Å². The molecule has 1 heterocycles. The van der Waals surface area contributed by atoms with Gasteiger partial charge in [0.25, 0.3) is 0 Å². The molecule has 90 valence electrons. The van der Waals surface area contributed by atoms with Gasteiger partial charge in [0.2, 0.25) is 0 Å². The summed E-state index contributed by atoms with van der Waals surface area (Å²) in [5.41, 5.74) is 0. The van der Waals surface area contributed by atoms with E-state index in [0.29, 0.717) is 6.04 Å². The van der Waals surface area contributed by atoms with E-state index in [-0.39, 0.29) is 0 Å². The van der Waals surface area contributed by atoms with E-state index in [2.05, 4.69) is 31.0 Å².